The number of fused-ring (bicyclic) bond motifs is 1. The van der Waals surface area contributed by atoms with Gasteiger partial charge in [0.05, 0.1) is 18.4 Å². The summed E-state index contributed by atoms with van der Waals surface area (Å²) in [5.74, 6) is 1.44. The molecule has 1 aliphatic rings. The lowest BCUT2D eigenvalue weighted by atomic mass is 9.82. The second kappa shape index (κ2) is 7.37. The predicted molar refractivity (Wildman–Crippen MR) is 105 cm³/mol. The maximum Gasteiger partial charge on any atom is 0.227 e. The van der Waals surface area contributed by atoms with Crippen molar-refractivity contribution in [3.05, 3.63) is 76.6 Å². The van der Waals surface area contributed by atoms with Crippen molar-refractivity contribution in [3.63, 3.8) is 0 Å². The lowest BCUT2D eigenvalue weighted by Gasteiger charge is -2.23. The summed E-state index contributed by atoms with van der Waals surface area (Å²) in [6.07, 6.45) is 2.78. The number of rotatable bonds is 4. The highest BCUT2D eigenvalue weighted by Gasteiger charge is 2.28. The van der Waals surface area contributed by atoms with E-state index in [2.05, 4.69) is 15.3 Å². The Labute approximate surface area is 162 Å². The highest BCUT2D eigenvalue weighted by Crippen LogP contribution is 2.32. The van der Waals surface area contributed by atoms with Gasteiger partial charge in [-0.05, 0) is 54.3 Å². The van der Waals surface area contributed by atoms with Crippen LogP contribution in [0.15, 0.2) is 54.7 Å². The number of anilines is 2. The van der Waals surface area contributed by atoms with Gasteiger partial charge in [0.2, 0.25) is 5.95 Å². The number of nitrogens with zero attached hydrogens (tertiary/aromatic N) is 2. The van der Waals surface area contributed by atoms with E-state index in [1.54, 1.807) is 13.3 Å². The van der Waals surface area contributed by atoms with Crippen LogP contribution in [0.2, 0.25) is 5.02 Å². The first-order valence-electron chi connectivity index (χ1n) is 8.68. The van der Waals surface area contributed by atoms with Gasteiger partial charge in [-0.3, -0.25) is 4.79 Å². The third-order valence-corrected chi connectivity index (χ3v) is 4.98. The van der Waals surface area contributed by atoms with E-state index in [1.165, 1.54) is 0 Å². The molecule has 1 atom stereocenters. The minimum Gasteiger partial charge on any atom is -0.497 e. The normalized spacial score (nSPS) is 15.9. The Balaban J connectivity index is 1.57. The molecule has 4 rings (SSSR count). The molecule has 1 heterocycles. The zero-order valence-electron chi connectivity index (χ0n) is 14.8. The van der Waals surface area contributed by atoms with Gasteiger partial charge in [-0.2, -0.15) is 0 Å². The first-order valence-corrected chi connectivity index (χ1v) is 9.06. The molecule has 1 N–H and O–H groups in total. The number of benzene rings is 2. The van der Waals surface area contributed by atoms with Crippen molar-refractivity contribution in [1.82, 2.24) is 9.97 Å². The lowest BCUT2D eigenvalue weighted by molar-refractivity contribution is 0.0962. The molecule has 5 nitrogen and oxygen atoms in total. The number of hydrogen-bond donors (Lipinski definition) is 1. The van der Waals surface area contributed by atoms with Gasteiger partial charge in [-0.25, -0.2) is 9.97 Å². The van der Waals surface area contributed by atoms with E-state index in [0.29, 0.717) is 29.4 Å². The second-order valence-corrected chi connectivity index (χ2v) is 6.92. The van der Waals surface area contributed by atoms with Crippen LogP contribution in [-0.2, 0) is 6.42 Å². The topological polar surface area (TPSA) is 64.1 Å². The molecular formula is C21H18ClN3O2. The summed E-state index contributed by atoms with van der Waals surface area (Å²) >= 11 is 5.97. The first kappa shape index (κ1) is 17.5. The largest absolute Gasteiger partial charge is 0.497 e. The summed E-state index contributed by atoms with van der Waals surface area (Å²) in [6.45, 7) is 0. The highest BCUT2D eigenvalue weighted by atomic mass is 35.5. The van der Waals surface area contributed by atoms with Gasteiger partial charge >= 0.3 is 0 Å². The SMILES string of the molecule is COc1ccc(Nc2ncc3c(n2)CC(c2ccc(Cl)cc2)CC3=O)cc1. The summed E-state index contributed by atoms with van der Waals surface area (Å²) in [4.78, 5) is 21.4. The van der Waals surface area contributed by atoms with Crippen LogP contribution in [-0.4, -0.2) is 22.9 Å². The van der Waals surface area contributed by atoms with Crippen LogP contribution in [0, 0.1) is 0 Å². The molecule has 6 heteroatoms. The zero-order chi connectivity index (χ0) is 18.8. The Hall–Kier alpha value is -2.92. The van der Waals surface area contributed by atoms with E-state index < -0.39 is 0 Å². The van der Waals surface area contributed by atoms with Gasteiger partial charge in [-0.1, -0.05) is 23.7 Å². The fraction of sp³-hybridized carbons (Fsp3) is 0.190. The molecular weight excluding hydrogens is 362 g/mol. The van der Waals surface area contributed by atoms with Crippen molar-refractivity contribution < 1.29 is 9.53 Å². The van der Waals surface area contributed by atoms with Crippen LogP contribution in [0.1, 0.15) is 34.0 Å². The zero-order valence-corrected chi connectivity index (χ0v) is 15.5. The molecule has 27 heavy (non-hydrogen) atoms. The van der Waals surface area contributed by atoms with Crippen molar-refractivity contribution in [2.45, 2.75) is 18.8 Å². The van der Waals surface area contributed by atoms with Crippen LogP contribution >= 0.6 is 11.6 Å². The molecule has 0 amide bonds. The number of Topliss-reactive ketones (excluding diaryl/α,β-unsaturated/α-hetero) is 1. The van der Waals surface area contributed by atoms with E-state index in [-0.39, 0.29) is 11.7 Å². The quantitative estimate of drug-likeness (QED) is 0.705. The van der Waals surface area contributed by atoms with Gasteiger partial charge in [0.1, 0.15) is 5.75 Å². The fourth-order valence-corrected chi connectivity index (χ4v) is 3.41. The third kappa shape index (κ3) is 3.78. The standard InChI is InChI=1S/C21H18ClN3O2/c1-27-17-8-6-16(7-9-17)24-21-23-12-18-19(25-21)10-14(11-20(18)26)13-2-4-15(22)5-3-13/h2-9,12,14H,10-11H2,1H3,(H,23,24,25). The molecule has 0 aliphatic heterocycles. The lowest BCUT2D eigenvalue weighted by Crippen LogP contribution is -2.21. The molecule has 3 aromatic rings. The van der Waals surface area contributed by atoms with Crippen LogP contribution in [0.3, 0.4) is 0 Å². The molecule has 0 fully saturated rings. The maximum atomic E-state index is 12.5. The molecule has 1 aromatic heterocycles. The molecule has 0 saturated heterocycles. The van der Waals surface area contributed by atoms with E-state index in [4.69, 9.17) is 16.3 Å². The average molecular weight is 380 g/mol. The Bertz CT molecular complexity index is 972. The number of hydrogen-bond acceptors (Lipinski definition) is 5. The van der Waals surface area contributed by atoms with Crippen molar-refractivity contribution >= 4 is 29.0 Å². The summed E-state index contributed by atoms with van der Waals surface area (Å²) in [5, 5.41) is 3.87. The summed E-state index contributed by atoms with van der Waals surface area (Å²) < 4.78 is 5.16. The number of methoxy groups -OCH3 is 1. The van der Waals surface area contributed by atoms with Crippen LogP contribution in [0.4, 0.5) is 11.6 Å². The molecule has 2 aromatic carbocycles. The van der Waals surface area contributed by atoms with Crippen LogP contribution in [0.25, 0.3) is 0 Å². The van der Waals surface area contributed by atoms with Crippen molar-refractivity contribution in [2.75, 3.05) is 12.4 Å². The number of carbonyl (C=O) groups is 1. The number of ether oxygens (including phenoxy) is 1. The van der Waals surface area contributed by atoms with Gasteiger partial charge in [0.25, 0.3) is 0 Å². The number of carbonyl (C=O) groups excluding carboxylic acids is 1. The van der Waals surface area contributed by atoms with Crippen LogP contribution < -0.4 is 10.1 Å². The third-order valence-electron chi connectivity index (χ3n) is 4.73. The highest BCUT2D eigenvalue weighted by molar-refractivity contribution is 6.30. The maximum absolute atomic E-state index is 12.5. The number of halogens is 1. The average Bonchev–Trinajstić information content (AvgIpc) is 2.69. The van der Waals surface area contributed by atoms with Crippen molar-refractivity contribution in [2.24, 2.45) is 0 Å². The van der Waals surface area contributed by atoms with Gasteiger partial charge in [0, 0.05) is 23.3 Å². The predicted octanol–water partition coefficient (Wildman–Crippen LogP) is 4.79. The van der Waals surface area contributed by atoms with Crippen molar-refractivity contribution in [1.29, 1.82) is 0 Å². The monoisotopic (exact) mass is 379 g/mol. The Kier molecular flexibility index (Phi) is 4.77. The molecule has 0 spiro atoms. The number of nitrogens with one attached hydrogen (secondary N) is 1. The number of ketones is 1. The second-order valence-electron chi connectivity index (χ2n) is 6.49. The number of aromatic nitrogens is 2. The smallest absolute Gasteiger partial charge is 0.227 e. The molecule has 0 saturated carbocycles. The van der Waals surface area contributed by atoms with E-state index in [9.17, 15) is 4.79 Å². The van der Waals surface area contributed by atoms with Crippen molar-refractivity contribution in [3.8, 4) is 5.75 Å². The Morgan fingerprint density at radius 2 is 1.81 bits per heavy atom. The minimum atomic E-state index is 0.0761. The Morgan fingerprint density at radius 3 is 2.52 bits per heavy atom. The summed E-state index contributed by atoms with van der Waals surface area (Å²) in [5.41, 5.74) is 3.34. The Morgan fingerprint density at radius 1 is 1.07 bits per heavy atom. The fourth-order valence-electron chi connectivity index (χ4n) is 3.28. The summed E-state index contributed by atoms with van der Waals surface area (Å²) in [6, 6.07) is 15.2. The van der Waals surface area contributed by atoms with E-state index in [0.717, 1.165) is 22.7 Å². The summed E-state index contributed by atoms with van der Waals surface area (Å²) in [7, 11) is 1.63. The van der Waals surface area contributed by atoms with Crippen LogP contribution in [0.5, 0.6) is 5.75 Å². The molecule has 1 aliphatic carbocycles. The molecule has 0 bridgehead atoms. The molecule has 1 unspecified atom stereocenters. The van der Waals surface area contributed by atoms with Gasteiger partial charge in [-0.15, -0.1) is 0 Å². The molecule has 0 radical (unpaired) electrons. The first-order chi connectivity index (χ1) is 13.1. The van der Waals surface area contributed by atoms with Gasteiger partial charge in [0.15, 0.2) is 5.78 Å². The molecule has 136 valence electrons. The van der Waals surface area contributed by atoms with E-state index in [1.807, 2.05) is 48.5 Å². The van der Waals surface area contributed by atoms with E-state index >= 15 is 0 Å². The minimum absolute atomic E-state index is 0.0761. The van der Waals surface area contributed by atoms with Gasteiger partial charge < -0.3 is 10.1 Å².